The average Bonchev–Trinajstić information content (AvgIpc) is 3.28. The standard InChI is InChI=1S/C21H24N4O/c22-21(10-3-4-11-21)20(26)23-13-16-6-5-7-17(12-16)14-25-15-24-18-8-1-2-9-19(18)25/h1-2,5-9,12,15H,3-4,10-11,13-14,22H2,(H,23,26). The van der Waals surface area contributed by atoms with Crippen LogP contribution in [-0.2, 0) is 17.9 Å². The Morgan fingerprint density at radius 1 is 1.12 bits per heavy atom. The van der Waals surface area contributed by atoms with Gasteiger partial charge in [0.15, 0.2) is 0 Å². The molecule has 3 N–H and O–H groups in total. The van der Waals surface area contributed by atoms with Crippen LogP contribution in [0.3, 0.4) is 0 Å². The van der Waals surface area contributed by atoms with E-state index in [1.165, 1.54) is 5.56 Å². The summed E-state index contributed by atoms with van der Waals surface area (Å²) in [5.74, 6) is -0.0268. The Morgan fingerprint density at radius 3 is 2.73 bits per heavy atom. The Hall–Kier alpha value is -2.66. The number of para-hydroxylation sites is 2. The molecule has 0 aliphatic heterocycles. The number of carbonyl (C=O) groups is 1. The van der Waals surface area contributed by atoms with Crippen LogP contribution in [0, 0.1) is 0 Å². The van der Waals surface area contributed by atoms with E-state index in [1.807, 2.05) is 36.7 Å². The van der Waals surface area contributed by atoms with Crippen molar-refractivity contribution in [3.05, 3.63) is 66.0 Å². The first-order chi connectivity index (χ1) is 12.6. The monoisotopic (exact) mass is 348 g/mol. The maximum absolute atomic E-state index is 12.4. The van der Waals surface area contributed by atoms with E-state index in [-0.39, 0.29) is 5.91 Å². The van der Waals surface area contributed by atoms with Crippen molar-refractivity contribution in [1.29, 1.82) is 0 Å². The molecule has 5 heteroatoms. The third-order valence-corrected chi connectivity index (χ3v) is 5.27. The molecule has 4 rings (SSSR count). The van der Waals surface area contributed by atoms with Crippen LogP contribution in [0.4, 0.5) is 0 Å². The molecular formula is C21H24N4O. The van der Waals surface area contributed by atoms with Crippen molar-refractivity contribution in [2.24, 2.45) is 5.73 Å². The number of aromatic nitrogens is 2. The van der Waals surface area contributed by atoms with Crippen LogP contribution in [0.15, 0.2) is 54.9 Å². The molecule has 26 heavy (non-hydrogen) atoms. The van der Waals surface area contributed by atoms with Gasteiger partial charge in [0, 0.05) is 13.1 Å². The number of carbonyl (C=O) groups excluding carboxylic acids is 1. The molecule has 0 bridgehead atoms. The summed E-state index contributed by atoms with van der Waals surface area (Å²) in [6.07, 6.45) is 5.52. The van der Waals surface area contributed by atoms with Crippen molar-refractivity contribution in [1.82, 2.24) is 14.9 Å². The van der Waals surface area contributed by atoms with E-state index in [0.717, 1.165) is 48.8 Å². The molecule has 0 atom stereocenters. The lowest BCUT2D eigenvalue weighted by Gasteiger charge is -2.22. The summed E-state index contributed by atoms with van der Waals surface area (Å²) in [6, 6.07) is 16.4. The van der Waals surface area contributed by atoms with Gasteiger partial charge in [-0.2, -0.15) is 0 Å². The minimum Gasteiger partial charge on any atom is -0.350 e. The number of hydrogen-bond acceptors (Lipinski definition) is 3. The summed E-state index contributed by atoms with van der Waals surface area (Å²) in [7, 11) is 0. The zero-order valence-electron chi connectivity index (χ0n) is 14.8. The van der Waals surface area contributed by atoms with Gasteiger partial charge < -0.3 is 15.6 Å². The van der Waals surface area contributed by atoms with E-state index in [1.54, 1.807) is 0 Å². The summed E-state index contributed by atoms with van der Waals surface area (Å²) < 4.78 is 2.14. The van der Waals surface area contributed by atoms with Crippen LogP contribution < -0.4 is 11.1 Å². The van der Waals surface area contributed by atoms with Crippen LogP contribution in [0.5, 0.6) is 0 Å². The van der Waals surface area contributed by atoms with Crippen molar-refractivity contribution in [3.63, 3.8) is 0 Å². The molecule has 1 fully saturated rings. The molecule has 1 aromatic heterocycles. The maximum atomic E-state index is 12.4. The van der Waals surface area contributed by atoms with Crippen molar-refractivity contribution in [2.45, 2.75) is 44.3 Å². The second kappa shape index (κ2) is 6.92. The summed E-state index contributed by atoms with van der Waals surface area (Å²) in [4.78, 5) is 16.8. The van der Waals surface area contributed by atoms with E-state index < -0.39 is 5.54 Å². The van der Waals surface area contributed by atoms with Crippen molar-refractivity contribution < 1.29 is 4.79 Å². The highest BCUT2D eigenvalue weighted by Gasteiger charge is 2.36. The number of imidazole rings is 1. The molecule has 5 nitrogen and oxygen atoms in total. The number of nitrogens with two attached hydrogens (primary N) is 1. The molecule has 134 valence electrons. The molecule has 1 amide bonds. The van der Waals surface area contributed by atoms with Gasteiger partial charge in [-0.3, -0.25) is 4.79 Å². The third-order valence-electron chi connectivity index (χ3n) is 5.27. The predicted octanol–water partition coefficient (Wildman–Crippen LogP) is 2.97. The number of nitrogens with one attached hydrogen (secondary N) is 1. The largest absolute Gasteiger partial charge is 0.350 e. The highest BCUT2D eigenvalue weighted by Crippen LogP contribution is 2.27. The molecule has 3 aromatic rings. The fourth-order valence-electron chi connectivity index (χ4n) is 3.76. The fourth-order valence-corrected chi connectivity index (χ4v) is 3.76. The van der Waals surface area contributed by atoms with Gasteiger partial charge in [-0.15, -0.1) is 0 Å². The average molecular weight is 348 g/mol. The quantitative estimate of drug-likeness (QED) is 0.744. The molecule has 0 saturated heterocycles. The van der Waals surface area contributed by atoms with Crippen LogP contribution >= 0.6 is 0 Å². The SMILES string of the molecule is NC1(C(=O)NCc2cccc(Cn3cnc4ccccc43)c2)CCCC1. The molecule has 0 radical (unpaired) electrons. The molecule has 2 aromatic carbocycles. The van der Waals surface area contributed by atoms with E-state index in [9.17, 15) is 4.79 Å². The molecule has 1 aliphatic carbocycles. The van der Waals surface area contributed by atoms with Crippen molar-refractivity contribution >= 4 is 16.9 Å². The minimum absolute atomic E-state index is 0.0268. The highest BCUT2D eigenvalue weighted by atomic mass is 16.2. The second-order valence-corrected chi connectivity index (χ2v) is 7.23. The first-order valence-corrected chi connectivity index (χ1v) is 9.19. The smallest absolute Gasteiger partial charge is 0.240 e. The van der Waals surface area contributed by atoms with Gasteiger partial charge in [-0.1, -0.05) is 49.2 Å². The number of rotatable bonds is 5. The van der Waals surface area contributed by atoms with Gasteiger partial charge in [0.05, 0.1) is 22.9 Å². The normalized spacial score (nSPS) is 16.0. The summed E-state index contributed by atoms with van der Waals surface area (Å²) in [5, 5.41) is 3.01. The number of amides is 1. The van der Waals surface area contributed by atoms with Gasteiger partial charge in [0.25, 0.3) is 0 Å². The molecule has 1 heterocycles. The number of nitrogens with zero attached hydrogens (tertiary/aromatic N) is 2. The molecule has 1 aliphatic rings. The molecular weight excluding hydrogens is 324 g/mol. The van der Waals surface area contributed by atoms with Crippen LogP contribution in [0.1, 0.15) is 36.8 Å². The van der Waals surface area contributed by atoms with Crippen LogP contribution in [0.2, 0.25) is 0 Å². The van der Waals surface area contributed by atoms with Gasteiger partial charge >= 0.3 is 0 Å². The molecule has 0 spiro atoms. The lowest BCUT2D eigenvalue weighted by molar-refractivity contribution is -0.126. The van der Waals surface area contributed by atoms with Gasteiger partial charge in [-0.05, 0) is 36.1 Å². The zero-order valence-corrected chi connectivity index (χ0v) is 14.8. The van der Waals surface area contributed by atoms with Crippen LogP contribution in [-0.4, -0.2) is 21.0 Å². The summed E-state index contributed by atoms with van der Waals surface area (Å²) >= 11 is 0. The van der Waals surface area contributed by atoms with E-state index in [2.05, 4.69) is 33.1 Å². The number of hydrogen-bond donors (Lipinski definition) is 2. The highest BCUT2D eigenvalue weighted by molar-refractivity contribution is 5.86. The Labute approximate surface area is 153 Å². The van der Waals surface area contributed by atoms with E-state index >= 15 is 0 Å². The van der Waals surface area contributed by atoms with E-state index in [4.69, 9.17) is 5.73 Å². The summed E-state index contributed by atoms with van der Waals surface area (Å²) in [6.45, 7) is 1.26. The van der Waals surface area contributed by atoms with Crippen molar-refractivity contribution in [2.75, 3.05) is 0 Å². The van der Waals surface area contributed by atoms with Gasteiger partial charge in [0.2, 0.25) is 5.91 Å². The van der Waals surface area contributed by atoms with E-state index in [0.29, 0.717) is 6.54 Å². The Balaban J connectivity index is 1.44. The Kier molecular flexibility index (Phi) is 4.47. The Bertz CT molecular complexity index is 924. The number of benzene rings is 2. The van der Waals surface area contributed by atoms with Crippen LogP contribution in [0.25, 0.3) is 11.0 Å². The zero-order chi connectivity index (χ0) is 18.0. The third kappa shape index (κ3) is 3.35. The Morgan fingerprint density at radius 2 is 1.88 bits per heavy atom. The lowest BCUT2D eigenvalue weighted by Crippen LogP contribution is -2.51. The van der Waals surface area contributed by atoms with Crippen molar-refractivity contribution in [3.8, 4) is 0 Å². The maximum Gasteiger partial charge on any atom is 0.240 e. The second-order valence-electron chi connectivity index (χ2n) is 7.23. The predicted molar refractivity (Wildman–Crippen MR) is 103 cm³/mol. The topological polar surface area (TPSA) is 72.9 Å². The van der Waals surface area contributed by atoms with Gasteiger partial charge in [-0.25, -0.2) is 4.98 Å². The first kappa shape index (κ1) is 16.8. The lowest BCUT2D eigenvalue weighted by atomic mass is 9.98. The first-order valence-electron chi connectivity index (χ1n) is 9.19. The molecule has 0 unspecified atom stereocenters. The summed E-state index contributed by atoms with van der Waals surface area (Å²) in [5.41, 5.74) is 9.94. The molecule has 1 saturated carbocycles. The van der Waals surface area contributed by atoms with Gasteiger partial charge in [0.1, 0.15) is 0 Å². The minimum atomic E-state index is -0.673. The number of fused-ring (bicyclic) bond motifs is 1. The fraction of sp³-hybridized carbons (Fsp3) is 0.333.